The number of aryl methyl sites for hydroxylation is 2. The highest BCUT2D eigenvalue weighted by molar-refractivity contribution is 7.21. The van der Waals surface area contributed by atoms with Gasteiger partial charge in [-0.1, -0.05) is 35.9 Å². The first-order valence-corrected chi connectivity index (χ1v) is 11.7. The molecule has 0 atom stereocenters. The van der Waals surface area contributed by atoms with Crippen LogP contribution in [0.5, 0.6) is 11.6 Å². The fraction of sp³-hybridized carbons (Fsp3) is 0.192. The third-order valence-corrected chi connectivity index (χ3v) is 7.46. The number of carbonyl (C=O) groups excluding carboxylic acids is 1. The Morgan fingerprint density at radius 3 is 2.56 bits per heavy atom. The second-order valence-corrected chi connectivity index (χ2v) is 9.37. The number of pyridine rings is 1. The minimum absolute atomic E-state index is 0.0870. The summed E-state index contributed by atoms with van der Waals surface area (Å²) in [5, 5.41) is 21.7. The zero-order chi connectivity index (χ0) is 24.6. The summed E-state index contributed by atoms with van der Waals surface area (Å²) in [7, 11) is 1.57. The number of fused-ring (bicyclic) bond motifs is 1. The Balaban J connectivity index is 1.80. The highest BCUT2D eigenvalue weighted by Crippen LogP contribution is 2.38. The van der Waals surface area contributed by atoms with Crippen LogP contribution in [0.25, 0.3) is 10.1 Å². The molecule has 0 saturated carbocycles. The molecule has 6 nitrogen and oxygen atoms in total. The average Bonchev–Trinajstić information content (AvgIpc) is 3.15. The van der Waals surface area contributed by atoms with Crippen molar-refractivity contribution in [3.8, 4) is 17.7 Å². The van der Waals surface area contributed by atoms with Crippen LogP contribution in [0.15, 0.2) is 47.3 Å². The molecule has 4 aromatic rings. The molecular weight excluding hydrogens is 472 g/mol. The average molecular weight is 493 g/mol. The van der Waals surface area contributed by atoms with Gasteiger partial charge in [-0.15, -0.1) is 11.3 Å². The monoisotopic (exact) mass is 492 g/mol. The topological polar surface area (TPSA) is 92.3 Å². The molecule has 0 spiro atoms. The molecule has 8 heteroatoms. The van der Waals surface area contributed by atoms with E-state index in [1.807, 2.05) is 43.3 Å². The van der Waals surface area contributed by atoms with Crippen LogP contribution in [0.1, 0.15) is 37.5 Å². The van der Waals surface area contributed by atoms with E-state index in [2.05, 4.69) is 0 Å². The quantitative estimate of drug-likeness (QED) is 0.364. The van der Waals surface area contributed by atoms with Crippen LogP contribution in [0, 0.1) is 25.2 Å². The lowest BCUT2D eigenvalue weighted by Crippen LogP contribution is -2.27. The molecule has 172 valence electrons. The number of nitriles is 1. The number of hydrogen-bond acceptors (Lipinski definition) is 6. The van der Waals surface area contributed by atoms with Gasteiger partial charge < -0.3 is 9.84 Å². The van der Waals surface area contributed by atoms with Crippen molar-refractivity contribution in [2.24, 2.45) is 0 Å². The standard InChI is InChI=1S/C26H21ClN2O4S/c1-14-4-9-18-20(12-14)34-24(22(18)27)23(30)21-15(2)19(13-28)25(31)29(26(21)32)11-10-16-5-7-17(33-3)8-6-16/h4-9,12,32H,10-11H2,1-3H3. The van der Waals surface area contributed by atoms with Crippen LogP contribution in [0.3, 0.4) is 0 Å². The van der Waals surface area contributed by atoms with E-state index in [0.29, 0.717) is 17.2 Å². The van der Waals surface area contributed by atoms with Gasteiger partial charge in [0.25, 0.3) is 5.56 Å². The number of aromatic nitrogens is 1. The molecule has 0 bridgehead atoms. The van der Waals surface area contributed by atoms with Gasteiger partial charge >= 0.3 is 0 Å². The molecule has 1 N–H and O–H groups in total. The molecular formula is C26H21ClN2O4S. The summed E-state index contributed by atoms with van der Waals surface area (Å²) in [5.74, 6) is -0.285. The minimum atomic E-state index is -0.638. The summed E-state index contributed by atoms with van der Waals surface area (Å²) in [6.07, 6.45) is 0.405. The molecule has 0 unspecified atom stereocenters. The summed E-state index contributed by atoms with van der Waals surface area (Å²) in [4.78, 5) is 26.8. The lowest BCUT2D eigenvalue weighted by atomic mass is 10.00. The van der Waals surface area contributed by atoms with Gasteiger partial charge in [-0.05, 0) is 55.2 Å². The molecule has 0 aliphatic carbocycles. The van der Waals surface area contributed by atoms with E-state index in [4.69, 9.17) is 16.3 Å². The second-order valence-electron chi connectivity index (χ2n) is 7.94. The second kappa shape index (κ2) is 9.34. The maximum atomic E-state index is 13.6. The van der Waals surface area contributed by atoms with Crippen molar-refractivity contribution in [2.45, 2.75) is 26.8 Å². The largest absolute Gasteiger partial charge is 0.497 e. The Bertz CT molecular complexity index is 1530. The fourth-order valence-corrected chi connectivity index (χ4v) is 5.46. The molecule has 0 saturated heterocycles. The van der Waals surface area contributed by atoms with Crippen LogP contribution in [-0.4, -0.2) is 22.6 Å². The molecule has 0 radical (unpaired) electrons. The van der Waals surface area contributed by atoms with E-state index in [-0.39, 0.29) is 28.1 Å². The summed E-state index contributed by atoms with van der Waals surface area (Å²) in [6.45, 7) is 3.53. The number of ketones is 1. The van der Waals surface area contributed by atoms with Crippen molar-refractivity contribution < 1.29 is 14.6 Å². The Morgan fingerprint density at radius 2 is 1.91 bits per heavy atom. The van der Waals surface area contributed by atoms with Gasteiger partial charge in [-0.2, -0.15) is 5.26 Å². The van der Waals surface area contributed by atoms with E-state index in [9.17, 15) is 20.0 Å². The van der Waals surface area contributed by atoms with Gasteiger partial charge in [-0.25, -0.2) is 0 Å². The fourth-order valence-electron chi connectivity index (χ4n) is 3.90. The Hall–Kier alpha value is -3.60. The molecule has 0 aliphatic rings. The van der Waals surface area contributed by atoms with Crippen molar-refractivity contribution in [3.63, 3.8) is 0 Å². The maximum absolute atomic E-state index is 13.6. The van der Waals surface area contributed by atoms with E-state index in [0.717, 1.165) is 25.8 Å². The third-order valence-electron chi connectivity index (χ3n) is 5.80. The van der Waals surface area contributed by atoms with Crippen LogP contribution < -0.4 is 10.3 Å². The van der Waals surface area contributed by atoms with E-state index >= 15 is 0 Å². The number of aromatic hydroxyl groups is 1. The number of thiophene rings is 1. The van der Waals surface area contributed by atoms with Gasteiger partial charge in [0.05, 0.1) is 22.6 Å². The van der Waals surface area contributed by atoms with Gasteiger partial charge in [0.15, 0.2) is 0 Å². The number of methoxy groups -OCH3 is 1. The van der Waals surface area contributed by atoms with Gasteiger partial charge in [0.2, 0.25) is 11.7 Å². The highest BCUT2D eigenvalue weighted by Gasteiger charge is 2.28. The highest BCUT2D eigenvalue weighted by atomic mass is 35.5. The number of halogens is 1. The first-order valence-electron chi connectivity index (χ1n) is 10.5. The Morgan fingerprint density at radius 1 is 1.21 bits per heavy atom. The SMILES string of the molecule is COc1ccc(CCn2c(O)c(C(=O)c3sc4cc(C)ccc4c3Cl)c(C)c(C#N)c2=O)cc1. The smallest absolute Gasteiger partial charge is 0.271 e. The lowest BCUT2D eigenvalue weighted by Gasteiger charge is -2.15. The van der Waals surface area contributed by atoms with Crippen LogP contribution in [0.2, 0.25) is 5.02 Å². The van der Waals surface area contributed by atoms with Crippen molar-refractivity contribution in [3.05, 3.63) is 90.5 Å². The molecule has 4 rings (SSSR count). The van der Waals surface area contributed by atoms with E-state index < -0.39 is 17.2 Å². The molecule has 0 fully saturated rings. The van der Waals surface area contributed by atoms with Crippen molar-refractivity contribution >= 4 is 38.8 Å². The Labute approximate surface area is 205 Å². The van der Waals surface area contributed by atoms with Crippen molar-refractivity contribution in [2.75, 3.05) is 7.11 Å². The molecule has 0 amide bonds. The third kappa shape index (κ3) is 4.07. The molecule has 2 aromatic heterocycles. The summed E-state index contributed by atoms with van der Waals surface area (Å²) in [5.41, 5.74) is 1.17. The number of rotatable bonds is 6. The van der Waals surface area contributed by atoms with Gasteiger partial charge in [0.1, 0.15) is 17.4 Å². The minimum Gasteiger partial charge on any atom is -0.497 e. The summed E-state index contributed by atoms with van der Waals surface area (Å²) in [6, 6.07) is 14.9. The first kappa shape index (κ1) is 23.6. The van der Waals surface area contributed by atoms with E-state index in [1.54, 1.807) is 19.2 Å². The maximum Gasteiger partial charge on any atom is 0.271 e. The number of carbonyl (C=O) groups is 1. The van der Waals surface area contributed by atoms with Crippen molar-refractivity contribution in [1.82, 2.24) is 4.57 Å². The molecule has 2 heterocycles. The lowest BCUT2D eigenvalue weighted by molar-refractivity contribution is 0.103. The van der Waals surface area contributed by atoms with Crippen LogP contribution in [-0.2, 0) is 13.0 Å². The molecule has 34 heavy (non-hydrogen) atoms. The number of ether oxygens (including phenoxy) is 1. The zero-order valence-corrected chi connectivity index (χ0v) is 20.4. The van der Waals surface area contributed by atoms with Crippen LogP contribution in [0.4, 0.5) is 0 Å². The van der Waals surface area contributed by atoms with E-state index in [1.165, 1.54) is 18.3 Å². The number of nitrogens with zero attached hydrogens (tertiary/aromatic N) is 2. The first-order chi connectivity index (χ1) is 16.3. The van der Waals surface area contributed by atoms with Gasteiger partial charge in [-0.3, -0.25) is 14.2 Å². The summed E-state index contributed by atoms with van der Waals surface area (Å²) >= 11 is 7.75. The number of benzene rings is 2. The predicted molar refractivity (Wildman–Crippen MR) is 134 cm³/mol. The predicted octanol–water partition coefficient (Wildman–Crippen LogP) is 5.39. The normalized spacial score (nSPS) is 10.9. The molecule has 2 aromatic carbocycles. The van der Waals surface area contributed by atoms with Crippen LogP contribution >= 0.6 is 22.9 Å². The Kier molecular flexibility index (Phi) is 6.47. The molecule has 0 aliphatic heterocycles. The van der Waals surface area contributed by atoms with Crippen molar-refractivity contribution in [1.29, 1.82) is 5.26 Å². The summed E-state index contributed by atoms with van der Waals surface area (Å²) < 4.78 is 7.08. The van der Waals surface area contributed by atoms with Gasteiger partial charge in [0, 0.05) is 16.6 Å². The zero-order valence-electron chi connectivity index (χ0n) is 18.8. The number of hydrogen-bond donors (Lipinski definition) is 1.